The van der Waals surface area contributed by atoms with Crippen molar-refractivity contribution in [2.45, 2.75) is 59.0 Å². The molecule has 0 saturated carbocycles. The second-order valence-corrected chi connectivity index (χ2v) is 6.42. The minimum atomic E-state index is 0.411. The van der Waals surface area contributed by atoms with Crippen molar-refractivity contribution in [3.05, 3.63) is 34.3 Å². The molecule has 0 aliphatic rings. The van der Waals surface area contributed by atoms with Crippen LogP contribution in [-0.2, 0) is 19.4 Å². The fourth-order valence-electron chi connectivity index (χ4n) is 2.47. The van der Waals surface area contributed by atoms with Gasteiger partial charge < -0.3 is 9.88 Å². The number of aryl methyl sites for hydroxylation is 2. The van der Waals surface area contributed by atoms with Gasteiger partial charge in [-0.1, -0.05) is 13.8 Å². The molecule has 0 bridgehead atoms. The summed E-state index contributed by atoms with van der Waals surface area (Å²) in [5.41, 5.74) is 1.12. The first-order chi connectivity index (χ1) is 10.2. The van der Waals surface area contributed by atoms with Gasteiger partial charge in [0.15, 0.2) is 0 Å². The average molecular weight is 306 g/mol. The molecule has 0 radical (unpaired) electrons. The molecule has 21 heavy (non-hydrogen) atoms. The number of imidazole rings is 1. The molecule has 0 amide bonds. The molecule has 0 aliphatic carbocycles. The van der Waals surface area contributed by atoms with Crippen LogP contribution in [0.25, 0.3) is 0 Å². The minimum absolute atomic E-state index is 0.411. The average Bonchev–Trinajstić information content (AvgIpc) is 3.06. The zero-order valence-electron chi connectivity index (χ0n) is 13.3. The fourth-order valence-corrected chi connectivity index (χ4v) is 3.32. The van der Waals surface area contributed by atoms with Gasteiger partial charge in [-0.15, -0.1) is 11.3 Å². The highest BCUT2D eigenvalue weighted by Gasteiger charge is 2.15. The molecule has 0 fully saturated rings. The zero-order chi connectivity index (χ0) is 15.1. The molecular weight excluding hydrogens is 280 g/mol. The molecule has 0 aromatic carbocycles. The molecule has 2 aromatic rings. The third-order valence-corrected chi connectivity index (χ3v) is 4.45. The zero-order valence-corrected chi connectivity index (χ0v) is 14.1. The van der Waals surface area contributed by atoms with Crippen LogP contribution in [0, 0.1) is 6.92 Å². The molecule has 1 atom stereocenters. The Morgan fingerprint density at radius 3 is 2.81 bits per heavy atom. The van der Waals surface area contributed by atoms with E-state index in [1.165, 1.54) is 10.8 Å². The van der Waals surface area contributed by atoms with Crippen LogP contribution in [0.4, 0.5) is 0 Å². The molecular formula is C16H26N4S. The minimum Gasteiger partial charge on any atom is -0.335 e. The second kappa shape index (κ2) is 8.29. The number of hydrogen-bond donors (Lipinski definition) is 1. The van der Waals surface area contributed by atoms with Crippen molar-refractivity contribution in [1.29, 1.82) is 0 Å². The van der Waals surface area contributed by atoms with E-state index in [4.69, 9.17) is 0 Å². The quantitative estimate of drug-likeness (QED) is 0.773. The molecule has 1 unspecified atom stereocenters. The maximum absolute atomic E-state index is 4.60. The van der Waals surface area contributed by atoms with Gasteiger partial charge in [0.1, 0.15) is 5.82 Å². The topological polar surface area (TPSA) is 42.7 Å². The lowest BCUT2D eigenvalue weighted by Crippen LogP contribution is -2.34. The van der Waals surface area contributed by atoms with Crippen LogP contribution in [0.2, 0.25) is 0 Å². The van der Waals surface area contributed by atoms with Gasteiger partial charge in [-0.05, 0) is 26.3 Å². The lowest BCUT2D eigenvalue weighted by molar-refractivity contribution is 0.481. The van der Waals surface area contributed by atoms with Crippen LogP contribution < -0.4 is 5.32 Å². The van der Waals surface area contributed by atoms with Crippen LogP contribution in [0.5, 0.6) is 0 Å². The summed E-state index contributed by atoms with van der Waals surface area (Å²) in [5, 5.41) is 6.99. The predicted molar refractivity (Wildman–Crippen MR) is 88.9 cm³/mol. The van der Waals surface area contributed by atoms with E-state index in [-0.39, 0.29) is 0 Å². The number of hydrogen-bond acceptors (Lipinski definition) is 4. The summed E-state index contributed by atoms with van der Waals surface area (Å²) >= 11 is 1.76. The van der Waals surface area contributed by atoms with E-state index in [1.807, 2.05) is 6.20 Å². The van der Waals surface area contributed by atoms with Crippen LogP contribution >= 0.6 is 11.3 Å². The fraction of sp³-hybridized carbons (Fsp3) is 0.625. The molecule has 0 saturated heterocycles. The van der Waals surface area contributed by atoms with Gasteiger partial charge >= 0.3 is 0 Å². The Morgan fingerprint density at radius 1 is 1.29 bits per heavy atom. The lowest BCUT2D eigenvalue weighted by atomic mass is 10.1. The number of thiazole rings is 1. The molecule has 5 heteroatoms. The molecule has 2 rings (SSSR count). The molecule has 0 aliphatic heterocycles. The third-order valence-electron chi connectivity index (χ3n) is 3.47. The maximum Gasteiger partial charge on any atom is 0.110 e. The SMILES string of the molecule is CCCNC(Cc1nc(C)cs1)Cc1nccn1CCC. The molecule has 1 N–H and O–H groups in total. The van der Waals surface area contributed by atoms with Gasteiger partial charge in [0.2, 0.25) is 0 Å². The van der Waals surface area contributed by atoms with Crippen molar-refractivity contribution in [2.24, 2.45) is 0 Å². The molecule has 2 heterocycles. The van der Waals surface area contributed by atoms with Gasteiger partial charge in [0.05, 0.1) is 5.01 Å². The Morgan fingerprint density at radius 2 is 2.14 bits per heavy atom. The number of rotatable bonds is 9. The highest BCUT2D eigenvalue weighted by atomic mass is 32.1. The van der Waals surface area contributed by atoms with Crippen molar-refractivity contribution < 1.29 is 0 Å². The Balaban J connectivity index is 2.02. The van der Waals surface area contributed by atoms with E-state index in [1.54, 1.807) is 11.3 Å². The van der Waals surface area contributed by atoms with Crippen molar-refractivity contribution in [3.63, 3.8) is 0 Å². The number of nitrogens with zero attached hydrogens (tertiary/aromatic N) is 3. The summed E-state index contributed by atoms with van der Waals surface area (Å²) < 4.78 is 2.27. The third kappa shape index (κ3) is 4.93. The van der Waals surface area contributed by atoms with Crippen LogP contribution in [0.1, 0.15) is 43.2 Å². The first-order valence-electron chi connectivity index (χ1n) is 7.87. The van der Waals surface area contributed by atoms with E-state index in [2.05, 4.69) is 52.2 Å². The monoisotopic (exact) mass is 306 g/mol. The first-order valence-corrected chi connectivity index (χ1v) is 8.75. The highest BCUT2D eigenvalue weighted by Crippen LogP contribution is 2.13. The van der Waals surface area contributed by atoms with E-state index in [9.17, 15) is 0 Å². The molecule has 4 nitrogen and oxygen atoms in total. The standard InChI is InChI=1S/C16H26N4S/c1-4-6-17-14(11-16-19-13(3)12-21-16)10-15-18-7-9-20(15)8-5-2/h7,9,12,14,17H,4-6,8,10-11H2,1-3H3. The summed E-state index contributed by atoms with van der Waals surface area (Å²) in [6.45, 7) is 8.56. The first kappa shape index (κ1) is 16.2. The second-order valence-electron chi connectivity index (χ2n) is 5.48. The summed E-state index contributed by atoms with van der Waals surface area (Å²) in [6.07, 6.45) is 8.24. The summed E-state index contributed by atoms with van der Waals surface area (Å²) in [6, 6.07) is 0.411. The Labute approximate surface area is 131 Å². The van der Waals surface area contributed by atoms with Gasteiger partial charge in [-0.3, -0.25) is 0 Å². The van der Waals surface area contributed by atoms with Gasteiger partial charge in [-0.25, -0.2) is 9.97 Å². The Kier molecular flexibility index (Phi) is 6.39. The Hall–Kier alpha value is -1.20. The molecule has 2 aromatic heterocycles. The van der Waals surface area contributed by atoms with E-state index < -0.39 is 0 Å². The van der Waals surface area contributed by atoms with Gasteiger partial charge in [0, 0.05) is 48.9 Å². The lowest BCUT2D eigenvalue weighted by Gasteiger charge is -2.18. The molecule has 0 spiro atoms. The smallest absolute Gasteiger partial charge is 0.110 e. The summed E-state index contributed by atoms with van der Waals surface area (Å²) in [4.78, 5) is 9.13. The van der Waals surface area contributed by atoms with Crippen LogP contribution in [0.3, 0.4) is 0 Å². The normalized spacial score (nSPS) is 12.7. The van der Waals surface area contributed by atoms with Crippen LogP contribution in [0.15, 0.2) is 17.8 Å². The summed E-state index contributed by atoms with van der Waals surface area (Å²) in [7, 11) is 0. The highest BCUT2D eigenvalue weighted by molar-refractivity contribution is 7.09. The van der Waals surface area contributed by atoms with Crippen molar-refractivity contribution in [2.75, 3.05) is 6.54 Å². The Bertz CT molecular complexity index is 532. The van der Waals surface area contributed by atoms with E-state index in [0.29, 0.717) is 6.04 Å². The van der Waals surface area contributed by atoms with Gasteiger partial charge in [-0.2, -0.15) is 0 Å². The van der Waals surface area contributed by atoms with Crippen molar-refractivity contribution in [1.82, 2.24) is 19.9 Å². The van der Waals surface area contributed by atoms with E-state index >= 15 is 0 Å². The molecule has 116 valence electrons. The van der Waals surface area contributed by atoms with Gasteiger partial charge in [0.25, 0.3) is 0 Å². The van der Waals surface area contributed by atoms with E-state index in [0.717, 1.165) is 44.5 Å². The maximum atomic E-state index is 4.60. The van der Waals surface area contributed by atoms with Crippen molar-refractivity contribution in [3.8, 4) is 0 Å². The number of aromatic nitrogens is 3. The van der Waals surface area contributed by atoms with Crippen molar-refractivity contribution >= 4 is 11.3 Å². The summed E-state index contributed by atoms with van der Waals surface area (Å²) in [5.74, 6) is 1.18. The number of nitrogens with one attached hydrogen (secondary N) is 1. The van der Waals surface area contributed by atoms with Crippen LogP contribution in [-0.4, -0.2) is 27.1 Å². The largest absolute Gasteiger partial charge is 0.335 e. The predicted octanol–water partition coefficient (Wildman–Crippen LogP) is 3.21.